The molecule has 0 saturated carbocycles. The van der Waals surface area contributed by atoms with Gasteiger partial charge in [0.1, 0.15) is 0 Å². The molecule has 3 aromatic rings. The summed E-state index contributed by atoms with van der Waals surface area (Å²) in [7, 11) is 0. The lowest BCUT2D eigenvalue weighted by Gasteiger charge is -2.01. The van der Waals surface area contributed by atoms with Crippen LogP contribution in [0.25, 0.3) is 22.2 Å². The van der Waals surface area contributed by atoms with Crippen molar-refractivity contribution in [3.05, 3.63) is 46.3 Å². The van der Waals surface area contributed by atoms with Gasteiger partial charge in [-0.1, -0.05) is 23.7 Å². The maximum absolute atomic E-state index is 12.4. The fourth-order valence-corrected chi connectivity index (χ4v) is 2.88. The number of ketones is 1. The van der Waals surface area contributed by atoms with E-state index in [2.05, 4.69) is 10.2 Å². The van der Waals surface area contributed by atoms with Crippen molar-refractivity contribution in [2.75, 3.05) is 0 Å². The Balaban J connectivity index is 1.92. The van der Waals surface area contributed by atoms with E-state index in [1.54, 1.807) is 24.3 Å². The highest BCUT2D eigenvalue weighted by molar-refractivity contribution is 7.17. The predicted octanol–water partition coefficient (Wildman–Crippen LogP) is 4.86. The van der Waals surface area contributed by atoms with Crippen LogP contribution < -0.4 is 0 Å². The van der Waals surface area contributed by atoms with Crippen LogP contribution in [0.2, 0.25) is 5.02 Å². The summed E-state index contributed by atoms with van der Waals surface area (Å²) in [6, 6.07) is 9.19. The van der Waals surface area contributed by atoms with Crippen LogP contribution in [0.15, 0.2) is 40.8 Å². The molecule has 3 rings (SSSR count). The normalized spacial score (nSPS) is 11.7. The van der Waals surface area contributed by atoms with E-state index in [-0.39, 0.29) is 16.7 Å². The van der Waals surface area contributed by atoms with E-state index < -0.39 is 16.8 Å². The summed E-state index contributed by atoms with van der Waals surface area (Å²) in [5.41, 5.74) is 0.510. The fourth-order valence-electron chi connectivity index (χ4n) is 1.78. The average molecular weight is 359 g/mol. The molecular formula is C14H6ClF3N2O2S. The molecule has 0 atom stereocenters. The average Bonchev–Trinajstić information content (AvgIpc) is 3.15. The zero-order valence-corrected chi connectivity index (χ0v) is 12.7. The highest BCUT2D eigenvalue weighted by Crippen LogP contribution is 2.34. The number of Topliss-reactive ketones (excluding diaryl/α,β-unsaturated/α-hetero) is 1. The molecule has 0 bridgehead atoms. The van der Waals surface area contributed by atoms with E-state index in [0.29, 0.717) is 21.9 Å². The summed E-state index contributed by atoms with van der Waals surface area (Å²) < 4.78 is 42.6. The van der Waals surface area contributed by atoms with Crippen molar-refractivity contribution in [3.63, 3.8) is 0 Å². The first-order valence-electron chi connectivity index (χ1n) is 6.16. The molecule has 0 spiro atoms. The van der Waals surface area contributed by atoms with Gasteiger partial charge in [-0.15, -0.1) is 21.5 Å². The highest BCUT2D eigenvalue weighted by atomic mass is 35.5. The van der Waals surface area contributed by atoms with Crippen molar-refractivity contribution in [2.24, 2.45) is 0 Å². The molecule has 0 N–H and O–H groups in total. The molecule has 0 radical (unpaired) electrons. The minimum absolute atomic E-state index is 0.0196. The molecule has 2 heterocycles. The lowest BCUT2D eigenvalue weighted by Crippen LogP contribution is -2.21. The Morgan fingerprint density at radius 1 is 1.09 bits per heavy atom. The molecule has 23 heavy (non-hydrogen) atoms. The van der Waals surface area contributed by atoms with Crippen molar-refractivity contribution in [2.45, 2.75) is 6.18 Å². The predicted molar refractivity (Wildman–Crippen MR) is 78.4 cm³/mol. The van der Waals surface area contributed by atoms with Gasteiger partial charge < -0.3 is 4.42 Å². The van der Waals surface area contributed by atoms with Gasteiger partial charge in [0.2, 0.25) is 5.89 Å². The van der Waals surface area contributed by atoms with E-state index >= 15 is 0 Å². The van der Waals surface area contributed by atoms with Gasteiger partial charge in [-0.3, -0.25) is 4.79 Å². The van der Waals surface area contributed by atoms with Gasteiger partial charge in [0, 0.05) is 0 Å². The van der Waals surface area contributed by atoms with Gasteiger partial charge in [-0.05, 0) is 24.3 Å². The van der Waals surface area contributed by atoms with Crippen LogP contribution in [-0.4, -0.2) is 22.2 Å². The number of thiophene rings is 1. The summed E-state index contributed by atoms with van der Waals surface area (Å²) in [5.74, 6) is -1.74. The quantitative estimate of drug-likeness (QED) is 0.627. The molecule has 0 unspecified atom stereocenters. The minimum Gasteiger partial charge on any atom is -0.415 e. The van der Waals surface area contributed by atoms with Gasteiger partial charge in [0.25, 0.3) is 11.7 Å². The molecular weight excluding hydrogens is 353 g/mol. The van der Waals surface area contributed by atoms with Crippen molar-refractivity contribution < 1.29 is 22.4 Å². The maximum atomic E-state index is 12.4. The molecule has 0 amide bonds. The first kappa shape index (κ1) is 15.7. The third-order valence-corrected chi connectivity index (χ3v) is 4.23. The molecule has 4 nitrogen and oxygen atoms in total. The molecule has 0 aliphatic rings. The number of aromatic nitrogens is 2. The number of benzene rings is 1. The summed E-state index contributed by atoms with van der Waals surface area (Å²) >= 11 is 6.65. The van der Waals surface area contributed by atoms with E-state index in [9.17, 15) is 18.0 Å². The molecule has 2 aromatic heterocycles. The Bertz CT molecular complexity index is 873. The Morgan fingerprint density at radius 3 is 2.48 bits per heavy atom. The lowest BCUT2D eigenvalue weighted by molar-refractivity contribution is -0.0882. The first-order valence-corrected chi connectivity index (χ1v) is 7.36. The summed E-state index contributed by atoms with van der Waals surface area (Å²) in [4.78, 5) is 11.0. The Labute approximate surface area is 136 Å². The summed E-state index contributed by atoms with van der Waals surface area (Å²) in [6.07, 6.45) is -4.92. The molecule has 9 heteroatoms. The van der Waals surface area contributed by atoms with E-state index in [0.717, 1.165) is 6.07 Å². The van der Waals surface area contributed by atoms with Crippen molar-refractivity contribution in [3.8, 4) is 22.2 Å². The largest absolute Gasteiger partial charge is 0.455 e. The molecule has 0 aliphatic carbocycles. The number of alkyl halides is 3. The molecule has 1 aromatic carbocycles. The standard InChI is InChI=1S/C14H6ClF3N2O2S/c15-8-4-2-1-3-7(8)12-19-20-13(22-12)10-6-5-9(23-10)11(21)14(16,17)18/h1-6H. The number of carbonyl (C=O) groups excluding carboxylic acids is 1. The van der Waals surface area contributed by atoms with Crippen LogP contribution in [0.1, 0.15) is 9.67 Å². The van der Waals surface area contributed by atoms with Crippen LogP contribution >= 0.6 is 22.9 Å². The second-order valence-electron chi connectivity index (χ2n) is 4.38. The highest BCUT2D eigenvalue weighted by Gasteiger charge is 2.40. The number of rotatable bonds is 3. The van der Waals surface area contributed by atoms with Crippen molar-refractivity contribution >= 4 is 28.7 Å². The van der Waals surface area contributed by atoms with Gasteiger partial charge in [-0.2, -0.15) is 13.2 Å². The van der Waals surface area contributed by atoms with Gasteiger partial charge in [0.15, 0.2) is 0 Å². The number of halogens is 4. The molecule has 118 valence electrons. The number of nitrogens with zero attached hydrogens (tertiary/aromatic N) is 2. The van der Waals surface area contributed by atoms with Gasteiger partial charge in [-0.25, -0.2) is 0 Å². The topological polar surface area (TPSA) is 56.0 Å². The zero-order chi connectivity index (χ0) is 16.6. The Kier molecular flexibility index (Phi) is 3.95. The second kappa shape index (κ2) is 5.78. The maximum Gasteiger partial charge on any atom is 0.455 e. The Hall–Kier alpha value is -2.19. The zero-order valence-electron chi connectivity index (χ0n) is 11.1. The third-order valence-electron chi connectivity index (χ3n) is 2.83. The Morgan fingerprint density at radius 2 is 1.78 bits per heavy atom. The summed E-state index contributed by atoms with van der Waals surface area (Å²) in [6.45, 7) is 0. The van der Waals surface area contributed by atoms with Crippen LogP contribution in [0.5, 0.6) is 0 Å². The second-order valence-corrected chi connectivity index (χ2v) is 5.87. The van der Waals surface area contributed by atoms with Gasteiger partial charge in [0.05, 0.1) is 20.3 Å². The molecule has 0 fully saturated rings. The molecule has 0 saturated heterocycles. The molecule has 0 aliphatic heterocycles. The lowest BCUT2D eigenvalue weighted by atomic mass is 10.2. The number of hydrogen-bond acceptors (Lipinski definition) is 5. The first-order chi connectivity index (χ1) is 10.9. The van der Waals surface area contributed by atoms with Crippen LogP contribution in [0.3, 0.4) is 0 Å². The smallest absolute Gasteiger partial charge is 0.415 e. The van der Waals surface area contributed by atoms with Crippen LogP contribution in [0, 0.1) is 0 Å². The number of hydrogen-bond donors (Lipinski definition) is 0. The van der Waals surface area contributed by atoms with Gasteiger partial charge >= 0.3 is 6.18 Å². The van der Waals surface area contributed by atoms with Crippen LogP contribution in [-0.2, 0) is 0 Å². The van der Waals surface area contributed by atoms with E-state index in [1.807, 2.05) is 0 Å². The summed E-state index contributed by atoms with van der Waals surface area (Å²) in [5, 5.41) is 8.01. The number of carbonyl (C=O) groups is 1. The monoisotopic (exact) mass is 358 g/mol. The third kappa shape index (κ3) is 3.13. The fraction of sp³-hybridized carbons (Fsp3) is 0.0714. The minimum atomic E-state index is -4.92. The van der Waals surface area contributed by atoms with E-state index in [4.69, 9.17) is 16.0 Å². The van der Waals surface area contributed by atoms with Crippen molar-refractivity contribution in [1.82, 2.24) is 10.2 Å². The van der Waals surface area contributed by atoms with Crippen molar-refractivity contribution in [1.29, 1.82) is 0 Å². The van der Waals surface area contributed by atoms with Crippen LogP contribution in [0.4, 0.5) is 13.2 Å². The SMILES string of the molecule is O=C(c1ccc(-c2nnc(-c3ccccc3Cl)o2)s1)C(F)(F)F. The van der Waals surface area contributed by atoms with E-state index in [1.165, 1.54) is 6.07 Å².